The number of benzene rings is 3. The molecule has 0 saturated carbocycles. The Morgan fingerprint density at radius 1 is 1.13 bits per heavy atom. The summed E-state index contributed by atoms with van der Waals surface area (Å²) >= 11 is 0. The second-order valence-electron chi connectivity index (χ2n) is 10.0. The van der Waals surface area contributed by atoms with Gasteiger partial charge in [-0.25, -0.2) is 4.79 Å². The summed E-state index contributed by atoms with van der Waals surface area (Å²) in [5.74, 6) is -0.406. The van der Waals surface area contributed by atoms with Gasteiger partial charge in [-0.1, -0.05) is 55.5 Å². The lowest BCUT2D eigenvalue weighted by molar-refractivity contribution is -0.157. The van der Waals surface area contributed by atoms with Crippen molar-refractivity contribution in [1.82, 2.24) is 25.1 Å². The molecule has 10 nitrogen and oxygen atoms in total. The second kappa shape index (κ2) is 10.8. The number of anilines is 1. The van der Waals surface area contributed by atoms with E-state index in [1.807, 2.05) is 49.4 Å². The number of aromatic hydroxyl groups is 1. The summed E-state index contributed by atoms with van der Waals surface area (Å²) in [5, 5.41) is 18.1. The molecule has 2 aliphatic rings. The average molecular weight is 531 g/mol. The molecule has 2 saturated heterocycles. The number of nitrogens with two attached hydrogens (primary N) is 1. The van der Waals surface area contributed by atoms with Gasteiger partial charge < -0.3 is 26.0 Å². The first kappa shape index (κ1) is 26.3. The third-order valence-electron chi connectivity index (χ3n) is 7.52. The molecule has 3 aromatic rings. The Labute approximate surface area is 227 Å². The molecule has 0 unspecified atom stereocenters. The molecule has 4 N–H and O–H groups in total. The molecule has 2 aliphatic heterocycles. The lowest BCUT2D eigenvalue weighted by Gasteiger charge is -2.46. The Balaban J connectivity index is 1.53. The predicted molar refractivity (Wildman–Crippen MR) is 148 cm³/mol. The molecule has 0 radical (unpaired) electrons. The van der Waals surface area contributed by atoms with E-state index in [2.05, 4.69) is 5.32 Å². The molecular formula is C29H34N6O4. The molecule has 5 rings (SSSR count). The number of hydrazine groups is 1. The fraction of sp³-hybridized carbons (Fsp3) is 0.345. The molecule has 2 atom stereocenters. The van der Waals surface area contributed by atoms with Crippen molar-refractivity contribution in [3.8, 4) is 5.75 Å². The van der Waals surface area contributed by atoms with Crippen molar-refractivity contribution in [2.45, 2.75) is 38.5 Å². The highest BCUT2D eigenvalue weighted by atomic mass is 16.3. The molecule has 3 aromatic carbocycles. The van der Waals surface area contributed by atoms with Gasteiger partial charge in [0.2, 0.25) is 11.8 Å². The number of urea groups is 1. The SMILES string of the molecule is CCCN(C(=O)NC)N1CC(=O)N2[C@@H](Cc3ccc(O)c(N)c3)C(=O)N(Cc3cccc4ccccc34)C[C@@H]21. The van der Waals surface area contributed by atoms with Crippen LogP contribution in [0.3, 0.4) is 0 Å². The Hall–Kier alpha value is -4.31. The number of carbonyl (C=O) groups is 3. The predicted octanol–water partition coefficient (Wildman–Crippen LogP) is 2.52. The number of phenols is 1. The van der Waals surface area contributed by atoms with E-state index >= 15 is 0 Å². The van der Waals surface area contributed by atoms with Crippen LogP contribution in [0.4, 0.5) is 10.5 Å². The summed E-state index contributed by atoms with van der Waals surface area (Å²) in [7, 11) is 1.57. The molecule has 0 aliphatic carbocycles. The molecular weight excluding hydrogens is 496 g/mol. The van der Waals surface area contributed by atoms with Crippen LogP contribution in [-0.2, 0) is 22.6 Å². The Morgan fingerprint density at radius 3 is 2.64 bits per heavy atom. The number of nitrogens with one attached hydrogen (secondary N) is 1. The number of nitrogens with zero attached hydrogens (tertiary/aromatic N) is 4. The van der Waals surface area contributed by atoms with Crippen molar-refractivity contribution in [2.24, 2.45) is 0 Å². The smallest absolute Gasteiger partial charge is 0.331 e. The summed E-state index contributed by atoms with van der Waals surface area (Å²) in [5.41, 5.74) is 7.89. The zero-order valence-corrected chi connectivity index (χ0v) is 22.2. The Morgan fingerprint density at radius 2 is 1.90 bits per heavy atom. The van der Waals surface area contributed by atoms with E-state index in [0.717, 1.165) is 21.9 Å². The number of rotatable bonds is 7. The summed E-state index contributed by atoms with van der Waals surface area (Å²) in [6, 6.07) is 17.8. The topological polar surface area (TPSA) is 122 Å². The fourth-order valence-corrected chi connectivity index (χ4v) is 5.67. The first-order chi connectivity index (χ1) is 18.8. The van der Waals surface area contributed by atoms with Gasteiger partial charge in [-0.15, -0.1) is 0 Å². The van der Waals surface area contributed by atoms with Gasteiger partial charge in [0.25, 0.3) is 0 Å². The maximum Gasteiger partial charge on any atom is 0.331 e. The lowest BCUT2D eigenvalue weighted by atomic mass is 9.98. The monoisotopic (exact) mass is 530 g/mol. The molecule has 0 aromatic heterocycles. The molecule has 0 bridgehead atoms. The van der Waals surface area contributed by atoms with Gasteiger partial charge in [0.05, 0.1) is 18.8 Å². The Bertz CT molecular complexity index is 1410. The van der Waals surface area contributed by atoms with Crippen molar-refractivity contribution < 1.29 is 19.5 Å². The summed E-state index contributed by atoms with van der Waals surface area (Å²) in [6.07, 6.45) is 0.437. The van der Waals surface area contributed by atoms with Crippen LogP contribution < -0.4 is 11.1 Å². The number of hydrogen-bond acceptors (Lipinski definition) is 6. The van der Waals surface area contributed by atoms with Crippen molar-refractivity contribution in [2.75, 3.05) is 32.4 Å². The maximum absolute atomic E-state index is 14.0. The van der Waals surface area contributed by atoms with Gasteiger partial charge >= 0.3 is 6.03 Å². The maximum atomic E-state index is 14.0. The van der Waals surface area contributed by atoms with Crippen LogP contribution >= 0.6 is 0 Å². The van der Waals surface area contributed by atoms with E-state index in [1.54, 1.807) is 39.0 Å². The highest BCUT2D eigenvalue weighted by Gasteiger charge is 2.52. The molecule has 204 valence electrons. The van der Waals surface area contributed by atoms with Crippen LogP contribution in [0, 0.1) is 0 Å². The number of hydrogen-bond donors (Lipinski definition) is 3. The van der Waals surface area contributed by atoms with Gasteiger partial charge in [-0.2, -0.15) is 5.01 Å². The van der Waals surface area contributed by atoms with E-state index in [-0.39, 0.29) is 48.8 Å². The highest BCUT2D eigenvalue weighted by molar-refractivity contribution is 5.92. The summed E-state index contributed by atoms with van der Waals surface area (Å²) < 4.78 is 0. The Kier molecular flexibility index (Phi) is 7.30. The van der Waals surface area contributed by atoms with E-state index < -0.39 is 12.2 Å². The van der Waals surface area contributed by atoms with Gasteiger partial charge in [-0.05, 0) is 40.5 Å². The zero-order chi connectivity index (χ0) is 27.7. The van der Waals surface area contributed by atoms with Crippen LogP contribution in [0.15, 0.2) is 60.7 Å². The summed E-state index contributed by atoms with van der Waals surface area (Å²) in [4.78, 5) is 43.7. The van der Waals surface area contributed by atoms with Gasteiger partial charge in [-0.3, -0.25) is 14.6 Å². The number of carbonyl (C=O) groups excluding carboxylic acids is 3. The third kappa shape index (κ3) is 4.95. The molecule has 10 heteroatoms. The number of phenolic OH excluding ortho intramolecular Hbond substituents is 1. The van der Waals surface area contributed by atoms with Gasteiger partial charge in [0, 0.05) is 26.6 Å². The van der Waals surface area contributed by atoms with Crippen LogP contribution in [0.1, 0.15) is 24.5 Å². The van der Waals surface area contributed by atoms with Crippen molar-refractivity contribution in [3.05, 3.63) is 71.8 Å². The molecule has 2 heterocycles. The first-order valence-corrected chi connectivity index (χ1v) is 13.2. The minimum atomic E-state index is -0.784. The van der Waals surface area contributed by atoms with E-state index in [9.17, 15) is 19.5 Å². The van der Waals surface area contributed by atoms with E-state index in [0.29, 0.717) is 19.5 Å². The minimum absolute atomic E-state index is 0.00168. The van der Waals surface area contributed by atoms with Crippen LogP contribution in [0.25, 0.3) is 10.8 Å². The van der Waals surface area contributed by atoms with Crippen LogP contribution in [0.5, 0.6) is 5.75 Å². The largest absolute Gasteiger partial charge is 0.506 e. The second-order valence-corrected chi connectivity index (χ2v) is 10.0. The van der Waals surface area contributed by atoms with Crippen LogP contribution in [-0.4, -0.2) is 81.7 Å². The highest BCUT2D eigenvalue weighted by Crippen LogP contribution is 2.32. The molecule has 39 heavy (non-hydrogen) atoms. The average Bonchev–Trinajstić information content (AvgIpc) is 3.26. The van der Waals surface area contributed by atoms with Crippen molar-refractivity contribution in [1.29, 1.82) is 0 Å². The number of amides is 4. The number of fused-ring (bicyclic) bond motifs is 2. The third-order valence-corrected chi connectivity index (χ3v) is 7.52. The van der Waals surface area contributed by atoms with Gasteiger partial charge in [0.15, 0.2) is 0 Å². The molecule has 0 spiro atoms. The standard InChI is InChI=1S/C29H34N6O4/c1-3-13-33(29(39)31-2)34-18-27(37)35-24(15-19-11-12-25(36)23(30)14-19)28(38)32(17-26(34)35)16-21-9-6-8-20-7-4-5-10-22(20)21/h4-12,14,24,26,36H,3,13,15-18,30H2,1-2H3,(H,31,39)/t24-,26+/m0/s1. The lowest BCUT2D eigenvalue weighted by Crippen LogP contribution is -2.66. The van der Waals surface area contributed by atoms with E-state index in [1.165, 1.54) is 6.07 Å². The number of piperazine rings is 1. The normalized spacial score (nSPS) is 19.4. The first-order valence-electron chi connectivity index (χ1n) is 13.2. The van der Waals surface area contributed by atoms with Gasteiger partial charge in [0.1, 0.15) is 18.0 Å². The zero-order valence-electron chi connectivity index (χ0n) is 22.2. The van der Waals surface area contributed by atoms with E-state index in [4.69, 9.17) is 5.73 Å². The molecule has 4 amide bonds. The fourth-order valence-electron chi connectivity index (χ4n) is 5.67. The number of nitrogen functional groups attached to an aromatic ring is 1. The quantitative estimate of drug-likeness (QED) is 0.319. The molecule has 2 fully saturated rings. The van der Waals surface area contributed by atoms with Crippen molar-refractivity contribution in [3.63, 3.8) is 0 Å². The van der Waals surface area contributed by atoms with Crippen LogP contribution in [0.2, 0.25) is 0 Å². The van der Waals surface area contributed by atoms with Crippen molar-refractivity contribution >= 4 is 34.3 Å². The summed E-state index contributed by atoms with van der Waals surface area (Å²) in [6.45, 7) is 3.05. The minimum Gasteiger partial charge on any atom is -0.506 e.